The molecule has 2 N–H and O–H groups in total. The number of likely N-dealkylation sites (tertiary alicyclic amines) is 1. The lowest BCUT2D eigenvalue weighted by Crippen LogP contribution is -2.43. The molecule has 0 aliphatic carbocycles. The Balaban J connectivity index is 2.09. The highest BCUT2D eigenvalue weighted by molar-refractivity contribution is 6.31. The Kier molecular flexibility index (Phi) is 4.60. The Labute approximate surface area is 113 Å². The molecular formula is C14H20ClFN2. The van der Waals surface area contributed by atoms with Crippen LogP contribution in [0.3, 0.4) is 0 Å². The predicted molar refractivity (Wildman–Crippen MR) is 73.1 cm³/mol. The third-order valence-corrected chi connectivity index (χ3v) is 4.27. The molecule has 2 nitrogen and oxygen atoms in total. The van der Waals surface area contributed by atoms with Gasteiger partial charge in [-0.3, -0.25) is 4.90 Å². The highest BCUT2D eigenvalue weighted by Crippen LogP contribution is 2.26. The first kappa shape index (κ1) is 13.8. The van der Waals surface area contributed by atoms with Crippen molar-refractivity contribution < 1.29 is 4.39 Å². The zero-order chi connectivity index (χ0) is 13.1. The Hall–Kier alpha value is -0.640. The van der Waals surface area contributed by atoms with E-state index in [1.54, 1.807) is 6.07 Å². The summed E-state index contributed by atoms with van der Waals surface area (Å²) in [5.41, 5.74) is 6.61. The SMILES string of the molecule is CC1CCC(CN)CN1Cc1cccc(F)c1Cl. The first-order valence-corrected chi connectivity index (χ1v) is 6.86. The molecule has 1 heterocycles. The molecule has 1 aliphatic rings. The summed E-state index contributed by atoms with van der Waals surface area (Å²) in [5.74, 6) is 0.211. The fraction of sp³-hybridized carbons (Fsp3) is 0.571. The molecule has 4 heteroatoms. The molecule has 0 amide bonds. The van der Waals surface area contributed by atoms with Crippen molar-refractivity contribution in [3.05, 3.63) is 34.6 Å². The van der Waals surface area contributed by atoms with E-state index in [9.17, 15) is 4.39 Å². The summed E-state index contributed by atoms with van der Waals surface area (Å²) in [7, 11) is 0. The molecule has 18 heavy (non-hydrogen) atoms. The molecule has 1 aliphatic heterocycles. The zero-order valence-electron chi connectivity index (χ0n) is 10.7. The van der Waals surface area contributed by atoms with Crippen LogP contribution in [0.2, 0.25) is 5.02 Å². The van der Waals surface area contributed by atoms with E-state index < -0.39 is 0 Å². The third-order valence-electron chi connectivity index (χ3n) is 3.85. The number of piperidine rings is 1. The Morgan fingerprint density at radius 2 is 2.22 bits per heavy atom. The van der Waals surface area contributed by atoms with Gasteiger partial charge in [0.05, 0.1) is 5.02 Å². The maximum absolute atomic E-state index is 13.4. The van der Waals surface area contributed by atoms with Gasteiger partial charge in [-0.2, -0.15) is 0 Å². The summed E-state index contributed by atoms with van der Waals surface area (Å²) < 4.78 is 13.4. The number of benzene rings is 1. The maximum atomic E-state index is 13.4. The molecule has 1 aromatic carbocycles. The minimum atomic E-state index is -0.339. The second kappa shape index (κ2) is 6.00. The van der Waals surface area contributed by atoms with E-state index in [0.717, 1.165) is 25.1 Å². The fourth-order valence-electron chi connectivity index (χ4n) is 2.56. The quantitative estimate of drug-likeness (QED) is 0.915. The molecule has 0 radical (unpaired) electrons. The summed E-state index contributed by atoms with van der Waals surface area (Å²) in [6.45, 7) is 4.61. The van der Waals surface area contributed by atoms with Crippen LogP contribution in [0.5, 0.6) is 0 Å². The summed E-state index contributed by atoms with van der Waals surface area (Å²) in [5, 5.41) is 0.250. The van der Waals surface area contributed by atoms with Gasteiger partial charge in [-0.15, -0.1) is 0 Å². The number of rotatable bonds is 3. The van der Waals surface area contributed by atoms with Crippen LogP contribution >= 0.6 is 11.6 Å². The number of nitrogens with two attached hydrogens (primary N) is 1. The second-order valence-corrected chi connectivity index (χ2v) is 5.55. The van der Waals surface area contributed by atoms with Crippen LogP contribution in [0.1, 0.15) is 25.3 Å². The van der Waals surface area contributed by atoms with Gasteiger partial charge in [0.15, 0.2) is 0 Å². The summed E-state index contributed by atoms with van der Waals surface area (Å²) in [6, 6.07) is 5.51. The lowest BCUT2D eigenvalue weighted by atomic mass is 9.93. The minimum absolute atomic E-state index is 0.250. The van der Waals surface area contributed by atoms with E-state index in [2.05, 4.69) is 11.8 Å². The van der Waals surface area contributed by atoms with Crippen LogP contribution in [0.15, 0.2) is 18.2 Å². The van der Waals surface area contributed by atoms with Crippen molar-refractivity contribution in [3.63, 3.8) is 0 Å². The van der Waals surface area contributed by atoms with Gasteiger partial charge >= 0.3 is 0 Å². The van der Waals surface area contributed by atoms with Crippen molar-refractivity contribution >= 4 is 11.6 Å². The lowest BCUT2D eigenvalue weighted by molar-refractivity contribution is 0.113. The van der Waals surface area contributed by atoms with Crippen LogP contribution < -0.4 is 5.73 Å². The summed E-state index contributed by atoms with van der Waals surface area (Å²) in [4.78, 5) is 2.35. The molecule has 1 fully saturated rings. The number of halogens is 2. The third kappa shape index (κ3) is 3.02. The highest BCUT2D eigenvalue weighted by Gasteiger charge is 2.25. The number of nitrogens with zero attached hydrogens (tertiary/aromatic N) is 1. The predicted octanol–water partition coefficient (Wildman–Crippen LogP) is 3.04. The van der Waals surface area contributed by atoms with E-state index >= 15 is 0 Å². The Morgan fingerprint density at radius 1 is 1.44 bits per heavy atom. The topological polar surface area (TPSA) is 29.3 Å². The largest absolute Gasteiger partial charge is 0.330 e. The molecule has 1 aromatic rings. The van der Waals surface area contributed by atoms with Gasteiger partial charge in [0.1, 0.15) is 5.82 Å². The lowest BCUT2D eigenvalue weighted by Gasteiger charge is -2.37. The molecule has 100 valence electrons. The molecule has 2 atom stereocenters. The Bertz CT molecular complexity index is 411. The molecule has 0 bridgehead atoms. The molecule has 0 saturated carbocycles. The zero-order valence-corrected chi connectivity index (χ0v) is 11.5. The van der Waals surface area contributed by atoms with Crippen LogP contribution in [0, 0.1) is 11.7 Å². The second-order valence-electron chi connectivity index (χ2n) is 5.17. The van der Waals surface area contributed by atoms with Gasteiger partial charge in [0.25, 0.3) is 0 Å². The van der Waals surface area contributed by atoms with Crippen molar-refractivity contribution in [2.75, 3.05) is 13.1 Å². The van der Waals surface area contributed by atoms with Gasteiger partial charge in [-0.25, -0.2) is 4.39 Å². The van der Waals surface area contributed by atoms with E-state index in [-0.39, 0.29) is 10.8 Å². The monoisotopic (exact) mass is 270 g/mol. The maximum Gasteiger partial charge on any atom is 0.142 e. The van der Waals surface area contributed by atoms with Gasteiger partial charge in [-0.05, 0) is 43.9 Å². The fourth-order valence-corrected chi connectivity index (χ4v) is 2.75. The van der Waals surface area contributed by atoms with Crippen molar-refractivity contribution in [1.29, 1.82) is 0 Å². The van der Waals surface area contributed by atoms with Crippen molar-refractivity contribution in [2.45, 2.75) is 32.4 Å². The average molecular weight is 271 g/mol. The molecule has 0 spiro atoms. The normalized spacial score (nSPS) is 25.3. The van der Waals surface area contributed by atoms with Crippen molar-refractivity contribution in [2.24, 2.45) is 11.7 Å². The standard InChI is InChI=1S/C14H20ClFN2/c1-10-5-6-11(7-17)8-18(10)9-12-3-2-4-13(16)14(12)15/h2-4,10-11H,5-9,17H2,1H3. The van der Waals surface area contributed by atoms with E-state index in [1.807, 2.05) is 6.07 Å². The van der Waals surface area contributed by atoms with E-state index in [0.29, 0.717) is 18.5 Å². The van der Waals surface area contributed by atoms with Gasteiger partial charge in [-0.1, -0.05) is 23.7 Å². The average Bonchev–Trinajstić information content (AvgIpc) is 2.37. The van der Waals surface area contributed by atoms with E-state index in [4.69, 9.17) is 17.3 Å². The highest BCUT2D eigenvalue weighted by atomic mass is 35.5. The van der Waals surface area contributed by atoms with Crippen LogP contribution in [-0.4, -0.2) is 24.0 Å². The molecule has 0 aromatic heterocycles. The van der Waals surface area contributed by atoms with Crippen LogP contribution in [0.25, 0.3) is 0 Å². The molecule has 2 rings (SSSR count). The number of hydrogen-bond acceptors (Lipinski definition) is 2. The summed E-state index contributed by atoms with van der Waals surface area (Å²) in [6.07, 6.45) is 2.33. The van der Waals surface area contributed by atoms with Gasteiger partial charge in [0, 0.05) is 19.1 Å². The van der Waals surface area contributed by atoms with Gasteiger partial charge < -0.3 is 5.73 Å². The van der Waals surface area contributed by atoms with E-state index in [1.165, 1.54) is 12.5 Å². The van der Waals surface area contributed by atoms with Crippen LogP contribution in [-0.2, 0) is 6.54 Å². The first-order chi connectivity index (χ1) is 8.61. The van der Waals surface area contributed by atoms with Crippen molar-refractivity contribution in [3.8, 4) is 0 Å². The number of hydrogen-bond donors (Lipinski definition) is 1. The summed E-state index contributed by atoms with van der Waals surface area (Å²) >= 11 is 6.00. The molecule has 1 saturated heterocycles. The van der Waals surface area contributed by atoms with Crippen molar-refractivity contribution in [1.82, 2.24) is 4.90 Å². The minimum Gasteiger partial charge on any atom is -0.330 e. The molecular weight excluding hydrogens is 251 g/mol. The molecule has 2 unspecified atom stereocenters. The smallest absolute Gasteiger partial charge is 0.142 e. The van der Waals surface area contributed by atoms with Crippen LogP contribution in [0.4, 0.5) is 4.39 Å². The first-order valence-electron chi connectivity index (χ1n) is 6.48. The van der Waals surface area contributed by atoms with Gasteiger partial charge in [0.2, 0.25) is 0 Å². The Morgan fingerprint density at radius 3 is 2.94 bits per heavy atom.